The van der Waals surface area contributed by atoms with Gasteiger partial charge in [0.2, 0.25) is 0 Å². The number of aromatic nitrogens is 4. The third-order valence-electron chi connectivity index (χ3n) is 6.37. The number of piperazine rings is 1. The van der Waals surface area contributed by atoms with E-state index in [9.17, 15) is 0 Å². The molecular formula is C25H30N6. The molecule has 6 heteroatoms. The molecule has 1 saturated heterocycles. The molecule has 0 saturated carbocycles. The summed E-state index contributed by atoms with van der Waals surface area (Å²) < 4.78 is 2.00. The molecule has 0 amide bonds. The first kappa shape index (κ1) is 19.9. The summed E-state index contributed by atoms with van der Waals surface area (Å²) in [4.78, 5) is 14.5. The fourth-order valence-corrected chi connectivity index (χ4v) is 4.75. The van der Waals surface area contributed by atoms with Crippen LogP contribution >= 0.6 is 0 Å². The van der Waals surface area contributed by atoms with Crippen LogP contribution in [-0.2, 0) is 6.54 Å². The predicted molar refractivity (Wildman–Crippen MR) is 126 cm³/mol. The third kappa shape index (κ3) is 3.65. The Hall–Kier alpha value is -2.99. The van der Waals surface area contributed by atoms with Crippen LogP contribution in [0.2, 0.25) is 0 Å². The molecule has 0 N–H and O–H groups in total. The molecule has 1 aliphatic heterocycles. The van der Waals surface area contributed by atoms with Gasteiger partial charge in [-0.3, -0.25) is 4.90 Å². The van der Waals surface area contributed by atoms with Crippen molar-refractivity contribution in [3.8, 4) is 0 Å². The maximum atomic E-state index is 4.85. The SMILES string of the molecule is Cc1ccc(CN2CCN(c3cc(C)nc4c5c(C)cc(C)nc5nn34)CC2)c(C)c1. The van der Waals surface area contributed by atoms with Gasteiger partial charge in [-0.05, 0) is 57.4 Å². The summed E-state index contributed by atoms with van der Waals surface area (Å²) in [5.74, 6) is 1.11. The lowest BCUT2D eigenvalue weighted by Crippen LogP contribution is -2.46. The van der Waals surface area contributed by atoms with Crippen LogP contribution in [0.4, 0.5) is 5.82 Å². The summed E-state index contributed by atoms with van der Waals surface area (Å²) in [6, 6.07) is 11.0. The number of pyridine rings is 1. The molecule has 0 atom stereocenters. The second kappa shape index (κ2) is 7.61. The number of benzene rings is 1. The van der Waals surface area contributed by atoms with E-state index in [0.29, 0.717) is 0 Å². The summed E-state index contributed by atoms with van der Waals surface area (Å²) in [5.41, 5.74) is 9.02. The predicted octanol–water partition coefficient (Wildman–Crippen LogP) is 4.14. The second-order valence-corrected chi connectivity index (χ2v) is 8.96. The van der Waals surface area contributed by atoms with Gasteiger partial charge >= 0.3 is 0 Å². The molecule has 3 aromatic heterocycles. The summed E-state index contributed by atoms with van der Waals surface area (Å²) in [6.07, 6.45) is 0. The van der Waals surface area contributed by atoms with Gasteiger partial charge < -0.3 is 4.90 Å². The Morgan fingerprint density at radius 2 is 1.55 bits per heavy atom. The van der Waals surface area contributed by atoms with Crippen LogP contribution in [0.3, 0.4) is 0 Å². The van der Waals surface area contributed by atoms with E-state index in [4.69, 9.17) is 10.1 Å². The lowest BCUT2D eigenvalue weighted by molar-refractivity contribution is 0.248. The zero-order valence-corrected chi connectivity index (χ0v) is 19.1. The number of hydrogen-bond donors (Lipinski definition) is 0. The molecule has 4 aromatic rings. The van der Waals surface area contributed by atoms with Gasteiger partial charge in [0.25, 0.3) is 0 Å². The molecule has 6 nitrogen and oxygen atoms in total. The van der Waals surface area contributed by atoms with E-state index < -0.39 is 0 Å². The fraction of sp³-hybridized carbons (Fsp3) is 0.400. The summed E-state index contributed by atoms with van der Waals surface area (Å²) in [6.45, 7) is 15.6. The van der Waals surface area contributed by atoms with Crippen LogP contribution in [0.25, 0.3) is 16.7 Å². The highest BCUT2D eigenvalue weighted by molar-refractivity contribution is 5.93. The minimum absolute atomic E-state index is 0.783. The zero-order chi connectivity index (χ0) is 21.7. The monoisotopic (exact) mass is 414 g/mol. The maximum absolute atomic E-state index is 4.85. The van der Waals surface area contributed by atoms with Crippen molar-refractivity contribution < 1.29 is 0 Å². The Bertz CT molecular complexity index is 1280. The highest BCUT2D eigenvalue weighted by Gasteiger charge is 2.22. The quantitative estimate of drug-likeness (QED) is 0.504. The van der Waals surface area contributed by atoms with Crippen LogP contribution in [0.15, 0.2) is 30.3 Å². The molecule has 0 radical (unpaired) electrons. The van der Waals surface area contributed by atoms with Gasteiger partial charge in [-0.2, -0.15) is 4.52 Å². The van der Waals surface area contributed by atoms with E-state index in [1.807, 2.05) is 11.4 Å². The Morgan fingerprint density at radius 3 is 2.29 bits per heavy atom. The Balaban J connectivity index is 1.42. The lowest BCUT2D eigenvalue weighted by Gasteiger charge is -2.36. The van der Waals surface area contributed by atoms with Crippen LogP contribution in [0.5, 0.6) is 0 Å². The summed E-state index contributed by atoms with van der Waals surface area (Å²) in [7, 11) is 0. The molecule has 0 aliphatic carbocycles. The minimum atomic E-state index is 0.783. The van der Waals surface area contributed by atoms with E-state index in [1.165, 1.54) is 22.3 Å². The molecule has 1 fully saturated rings. The third-order valence-corrected chi connectivity index (χ3v) is 6.37. The van der Waals surface area contributed by atoms with Crippen LogP contribution in [-0.4, -0.2) is 50.7 Å². The molecule has 0 spiro atoms. The molecule has 0 bridgehead atoms. The topological polar surface area (TPSA) is 49.6 Å². The van der Waals surface area contributed by atoms with Gasteiger partial charge in [-0.25, -0.2) is 9.97 Å². The number of fused-ring (bicyclic) bond motifs is 3. The van der Waals surface area contributed by atoms with Crippen molar-refractivity contribution in [3.63, 3.8) is 0 Å². The second-order valence-electron chi connectivity index (χ2n) is 8.96. The first-order chi connectivity index (χ1) is 14.9. The number of rotatable bonds is 3. The first-order valence-corrected chi connectivity index (χ1v) is 11.1. The standard InChI is InChI=1S/C25H30N6/c1-16-6-7-21(17(2)12-16)15-29-8-10-30(11-9-29)22-14-20(5)27-25-23-18(3)13-19(4)26-24(23)28-31(22)25/h6-7,12-14H,8-11,15H2,1-5H3. The molecular weight excluding hydrogens is 384 g/mol. The average Bonchev–Trinajstić information content (AvgIpc) is 3.08. The minimum Gasteiger partial charge on any atom is -0.354 e. The molecule has 0 unspecified atom stereocenters. The van der Waals surface area contributed by atoms with Gasteiger partial charge in [-0.15, -0.1) is 5.10 Å². The van der Waals surface area contributed by atoms with Crippen LogP contribution in [0.1, 0.15) is 33.6 Å². The first-order valence-electron chi connectivity index (χ1n) is 11.1. The van der Waals surface area contributed by atoms with Crippen molar-refractivity contribution in [2.24, 2.45) is 0 Å². The Labute approximate surface area is 183 Å². The summed E-state index contributed by atoms with van der Waals surface area (Å²) >= 11 is 0. The lowest BCUT2D eigenvalue weighted by atomic mass is 10.1. The highest BCUT2D eigenvalue weighted by atomic mass is 15.4. The number of nitrogens with zero attached hydrogens (tertiary/aromatic N) is 6. The van der Waals surface area contributed by atoms with Crippen LogP contribution in [0, 0.1) is 34.6 Å². The van der Waals surface area contributed by atoms with E-state index in [0.717, 1.165) is 66.6 Å². The molecule has 1 aromatic carbocycles. The van der Waals surface area contributed by atoms with E-state index >= 15 is 0 Å². The molecule has 4 heterocycles. The van der Waals surface area contributed by atoms with Gasteiger partial charge in [0.05, 0.1) is 5.39 Å². The van der Waals surface area contributed by atoms with Crippen molar-refractivity contribution in [2.45, 2.75) is 41.2 Å². The van der Waals surface area contributed by atoms with E-state index in [-0.39, 0.29) is 0 Å². The number of anilines is 1. The normalized spacial score (nSPS) is 15.3. The van der Waals surface area contributed by atoms with Crippen molar-refractivity contribution >= 4 is 22.5 Å². The maximum Gasteiger partial charge on any atom is 0.184 e. The molecule has 31 heavy (non-hydrogen) atoms. The van der Waals surface area contributed by atoms with Crippen molar-refractivity contribution in [1.82, 2.24) is 24.5 Å². The van der Waals surface area contributed by atoms with Crippen molar-refractivity contribution in [2.75, 3.05) is 31.1 Å². The van der Waals surface area contributed by atoms with Gasteiger partial charge in [0.15, 0.2) is 11.3 Å². The van der Waals surface area contributed by atoms with Gasteiger partial charge in [0, 0.05) is 50.2 Å². The van der Waals surface area contributed by atoms with Crippen molar-refractivity contribution in [1.29, 1.82) is 0 Å². The largest absolute Gasteiger partial charge is 0.354 e. The zero-order valence-electron chi connectivity index (χ0n) is 19.1. The number of hydrogen-bond acceptors (Lipinski definition) is 5. The summed E-state index contributed by atoms with van der Waals surface area (Å²) in [5, 5.41) is 5.91. The smallest absolute Gasteiger partial charge is 0.184 e. The van der Waals surface area contributed by atoms with Gasteiger partial charge in [-0.1, -0.05) is 23.8 Å². The van der Waals surface area contributed by atoms with E-state index in [2.05, 4.69) is 72.8 Å². The van der Waals surface area contributed by atoms with Crippen LogP contribution < -0.4 is 4.90 Å². The molecule has 5 rings (SSSR count). The number of aryl methyl sites for hydroxylation is 5. The average molecular weight is 415 g/mol. The van der Waals surface area contributed by atoms with Crippen molar-refractivity contribution in [3.05, 3.63) is 64.0 Å². The fourth-order valence-electron chi connectivity index (χ4n) is 4.75. The molecule has 1 aliphatic rings. The van der Waals surface area contributed by atoms with Gasteiger partial charge in [0.1, 0.15) is 5.82 Å². The van der Waals surface area contributed by atoms with E-state index in [1.54, 1.807) is 0 Å². The molecule has 160 valence electrons. The highest BCUT2D eigenvalue weighted by Crippen LogP contribution is 2.27. The Morgan fingerprint density at radius 1 is 0.806 bits per heavy atom. The Kier molecular flexibility index (Phi) is 4.89.